The van der Waals surface area contributed by atoms with E-state index in [1.807, 2.05) is 43.5 Å². The highest BCUT2D eigenvalue weighted by molar-refractivity contribution is 6.09. The molecule has 3 rings (SSSR count). The van der Waals surface area contributed by atoms with Crippen LogP contribution in [0.4, 0.5) is 0 Å². The molecule has 0 aliphatic carbocycles. The summed E-state index contributed by atoms with van der Waals surface area (Å²) in [4.78, 5) is 15.7. The molecular weight excluding hydrogens is 410 g/mol. The molecule has 1 atom stereocenters. The minimum absolute atomic E-state index is 0.250. The highest BCUT2D eigenvalue weighted by Gasteiger charge is 2.29. The third-order valence-corrected chi connectivity index (χ3v) is 6.08. The van der Waals surface area contributed by atoms with Crippen LogP contribution < -0.4 is 0 Å². The number of benzene rings is 1. The number of carbonyl (C=O) groups is 1. The molecule has 176 valence electrons. The van der Waals surface area contributed by atoms with Crippen LogP contribution in [0.25, 0.3) is 16.8 Å². The number of allylic oxidation sites excluding steroid dienone is 4. The van der Waals surface area contributed by atoms with Gasteiger partial charge in [0.25, 0.3) is 6.47 Å². The zero-order valence-corrected chi connectivity index (χ0v) is 20.3. The Balaban J connectivity index is 0.00000122. The van der Waals surface area contributed by atoms with Gasteiger partial charge in [0, 0.05) is 31.1 Å². The molecule has 1 aliphatic rings. The maximum atomic E-state index is 8.36. The standard InChI is InChI=1S/C27H35N3.CH2O2/c1-5-6-9-24(17-28)22-10-7-11-23(16-22)26-14-13-21(18-29-26)19-30-15-8-12-25(20-30)27(2,3)4;2-1-3/h5-7,9-11,13-14,16-18,25,28H,8,12,15,19-20H2,1-4H3;1H,(H,2,3)/b6-5-,24-9+,28-17?;. The third kappa shape index (κ3) is 8.10. The Labute approximate surface area is 198 Å². The number of hydrogen-bond acceptors (Lipinski definition) is 4. The summed E-state index contributed by atoms with van der Waals surface area (Å²) >= 11 is 0. The molecule has 0 bridgehead atoms. The van der Waals surface area contributed by atoms with Gasteiger partial charge in [-0.05, 0) is 66.5 Å². The number of nitrogens with one attached hydrogen (secondary N) is 1. The van der Waals surface area contributed by atoms with Crippen LogP contribution in [0.3, 0.4) is 0 Å². The van der Waals surface area contributed by atoms with Crippen molar-refractivity contribution in [2.45, 2.75) is 47.1 Å². The molecule has 2 aromatic rings. The number of likely N-dealkylation sites (tertiary alicyclic amines) is 1. The average Bonchev–Trinajstić information content (AvgIpc) is 2.80. The van der Waals surface area contributed by atoms with Crippen LogP contribution in [0.1, 0.15) is 51.7 Å². The molecule has 0 spiro atoms. The fourth-order valence-corrected chi connectivity index (χ4v) is 4.14. The molecule has 1 aliphatic heterocycles. The van der Waals surface area contributed by atoms with E-state index in [0.29, 0.717) is 5.41 Å². The van der Waals surface area contributed by atoms with Gasteiger partial charge in [-0.3, -0.25) is 14.7 Å². The normalized spacial score (nSPS) is 17.3. The van der Waals surface area contributed by atoms with E-state index in [4.69, 9.17) is 20.3 Å². The number of nitrogens with zero attached hydrogens (tertiary/aromatic N) is 2. The summed E-state index contributed by atoms with van der Waals surface area (Å²) in [7, 11) is 0. The molecule has 1 aromatic carbocycles. The molecule has 1 aromatic heterocycles. The Bertz CT molecular complexity index is 956. The van der Waals surface area contributed by atoms with Crippen LogP contribution >= 0.6 is 0 Å². The van der Waals surface area contributed by atoms with Gasteiger partial charge in [-0.1, -0.05) is 63.3 Å². The smallest absolute Gasteiger partial charge is 0.290 e. The number of piperidine rings is 1. The van der Waals surface area contributed by atoms with Gasteiger partial charge in [-0.25, -0.2) is 0 Å². The highest BCUT2D eigenvalue weighted by Crippen LogP contribution is 2.33. The average molecular weight is 448 g/mol. The van der Waals surface area contributed by atoms with E-state index in [9.17, 15) is 0 Å². The van der Waals surface area contributed by atoms with E-state index in [-0.39, 0.29) is 6.47 Å². The Morgan fingerprint density at radius 2 is 2.03 bits per heavy atom. The summed E-state index contributed by atoms with van der Waals surface area (Å²) < 4.78 is 0. The quantitative estimate of drug-likeness (QED) is 0.309. The van der Waals surface area contributed by atoms with Crippen molar-refractivity contribution in [2.75, 3.05) is 13.1 Å². The van der Waals surface area contributed by atoms with Crippen molar-refractivity contribution >= 4 is 18.3 Å². The summed E-state index contributed by atoms with van der Waals surface area (Å²) in [5.74, 6) is 0.764. The predicted octanol–water partition coefficient (Wildman–Crippen LogP) is 6.32. The Hall–Kier alpha value is -3.05. The molecule has 1 unspecified atom stereocenters. The van der Waals surface area contributed by atoms with Crippen LogP contribution in [0.5, 0.6) is 0 Å². The minimum Gasteiger partial charge on any atom is -0.483 e. The van der Waals surface area contributed by atoms with Crippen LogP contribution in [0, 0.1) is 16.7 Å². The second-order valence-corrected chi connectivity index (χ2v) is 9.47. The van der Waals surface area contributed by atoms with Crippen molar-refractivity contribution in [1.82, 2.24) is 9.88 Å². The van der Waals surface area contributed by atoms with E-state index in [1.54, 1.807) is 0 Å². The van der Waals surface area contributed by atoms with Crippen molar-refractivity contribution in [3.05, 3.63) is 72.0 Å². The summed E-state index contributed by atoms with van der Waals surface area (Å²) in [5.41, 5.74) is 5.64. The molecule has 0 amide bonds. The highest BCUT2D eigenvalue weighted by atomic mass is 16.3. The summed E-state index contributed by atoms with van der Waals surface area (Å²) in [6.45, 7) is 12.2. The van der Waals surface area contributed by atoms with Gasteiger partial charge in [-0.15, -0.1) is 0 Å². The molecule has 1 saturated heterocycles. The molecule has 0 saturated carbocycles. The van der Waals surface area contributed by atoms with Gasteiger partial charge in [0.1, 0.15) is 0 Å². The van der Waals surface area contributed by atoms with E-state index in [2.05, 4.69) is 49.9 Å². The summed E-state index contributed by atoms with van der Waals surface area (Å²) in [5, 5.41) is 14.6. The molecule has 33 heavy (non-hydrogen) atoms. The fourth-order valence-electron chi connectivity index (χ4n) is 4.14. The van der Waals surface area contributed by atoms with Gasteiger partial charge in [0.15, 0.2) is 0 Å². The number of rotatable bonds is 6. The molecule has 0 radical (unpaired) electrons. The van der Waals surface area contributed by atoms with Crippen molar-refractivity contribution in [3.8, 4) is 11.3 Å². The van der Waals surface area contributed by atoms with Crippen LogP contribution in [0.2, 0.25) is 0 Å². The van der Waals surface area contributed by atoms with Crippen molar-refractivity contribution < 1.29 is 9.90 Å². The maximum Gasteiger partial charge on any atom is 0.290 e. The zero-order valence-electron chi connectivity index (χ0n) is 20.3. The van der Waals surface area contributed by atoms with Crippen LogP contribution in [-0.4, -0.2) is 40.8 Å². The number of pyridine rings is 1. The Morgan fingerprint density at radius 1 is 1.27 bits per heavy atom. The molecule has 5 nitrogen and oxygen atoms in total. The van der Waals surface area contributed by atoms with E-state index in [0.717, 1.165) is 34.9 Å². The van der Waals surface area contributed by atoms with E-state index < -0.39 is 0 Å². The second kappa shape index (κ2) is 12.9. The molecule has 2 heterocycles. The Kier molecular flexibility index (Phi) is 10.2. The van der Waals surface area contributed by atoms with Crippen molar-refractivity contribution in [3.63, 3.8) is 0 Å². The van der Waals surface area contributed by atoms with Crippen molar-refractivity contribution in [2.24, 2.45) is 11.3 Å². The van der Waals surface area contributed by atoms with Crippen LogP contribution in [-0.2, 0) is 11.3 Å². The summed E-state index contributed by atoms with van der Waals surface area (Å²) in [6.07, 6.45) is 12.0. The number of hydrogen-bond donors (Lipinski definition) is 2. The molecule has 5 heteroatoms. The lowest BCUT2D eigenvalue weighted by molar-refractivity contribution is -0.122. The first-order chi connectivity index (χ1) is 15.8. The first-order valence-corrected chi connectivity index (χ1v) is 11.5. The molecule has 2 N–H and O–H groups in total. The first-order valence-electron chi connectivity index (χ1n) is 11.5. The van der Waals surface area contributed by atoms with E-state index >= 15 is 0 Å². The SMILES string of the molecule is C/C=C\C=C(/C=N)c1cccc(-c2ccc(CN3CCCC(C(C)(C)C)C3)cn2)c1.O=CO. The minimum atomic E-state index is -0.250. The number of carboxylic acid groups (broad SMARTS) is 1. The molecular formula is C28H37N3O2. The maximum absolute atomic E-state index is 8.36. The third-order valence-electron chi connectivity index (χ3n) is 6.08. The van der Waals surface area contributed by atoms with Gasteiger partial charge in [0.2, 0.25) is 0 Å². The molecule has 1 fully saturated rings. The zero-order chi connectivity index (χ0) is 24.3. The first kappa shape index (κ1) is 26.2. The Morgan fingerprint density at radius 3 is 2.64 bits per heavy atom. The van der Waals surface area contributed by atoms with Crippen molar-refractivity contribution in [1.29, 1.82) is 5.41 Å². The monoisotopic (exact) mass is 447 g/mol. The van der Waals surface area contributed by atoms with Gasteiger partial charge < -0.3 is 10.5 Å². The lowest BCUT2D eigenvalue weighted by Gasteiger charge is -2.39. The van der Waals surface area contributed by atoms with Gasteiger partial charge in [-0.2, -0.15) is 0 Å². The second-order valence-electron chi connectivity index (χ2n) is 9.47. The predicted molar refractivity (Wildman–Crippen MR) is 137 cm³/mol. The fraction of sp³-hybridized carbons (Fsp3) is 0.393. The van der Waals surface area contributed by atoms with E-state index in [1.165, 1.54) is 37.7 Å². The van der Waals surface area contributed by atoms with Crippen LogP contribution in [0.15, 0.2) is 60.8 Å². The number of aromatic nitrogens is 1. The lowest BCUT2D eigenvalue weighted by Crippen LogP contribution is -2.40. The van der Waals surface area contributed by atoms with Gasteiger partial charge in [0.05, 0.1) is 5.69 Å². The van der Waals surface area contributed by atoms with Gasteiger partial charge >= 0.3 is 0 Å². The lowest BCUT2D eigenvalue weighted by atomic mass is 9.76. The summed E-state index contributed by atoms with van der Waals surface area (Å²) in [6, 6.07) is 12.6. The topological polar surface area (TPSA) is 77.3 Å². The largest absolute Gasteiger partial charge is 0.483 e.